The van der Waals surface area contributed by atoms with Crippen molar-refractivity contribution in [2.75, 3.05) is 0 Å². The van der Waals surface area contributed by atoms with Crippen LogP contribution in [0.3, 0.4) is 0 Å². The molecule has 10 rings (SSSR count). The van der Waals surface area contributed by atoms with Crippen LogP contribution in [0.5, 0.6) is 0 Å². The van der Waals surface area contributed by atoms with Crippen molar-refractivity contribution < 1.29 is 0 Å². The largest absolute Gasteiger partial charge is 0.308 e. The molecule has 3 heteroatoms. The molecular weight excluding hydrogens is 583 g/mol. The Balaban J connectivity index is 1.14. The number of rotatable bonds is 3. The molecule has 45 heavy (non-hydrogen) atoms. The fourth-order valence-corrected chi connectivity index (χ4v) is 9.53. The van der Waals surface area contributed by atoms with E-state index in [-0.39, 0.29) is 0 Å². The van der Waals surface area contributed by atoms with Crippen molar-refractivity contribution in [1.82, 2.24) is 4.57 Å². The van der Waals surface area contributed by atoms with Gasteiger partial charge in [-0.2, -0.15) is 0 Å². The molecule has 0 saturated heterocycles. The first kappa shape index (κ1) is 25.1. The van der Waals surface area contributed by atoms with Gasteiger partial charge in [0.05, 0.1) is 15.7 Å². The molecule has 0 amide bonds. The van der Waals surface area contributed by atoms with Crippen LogP contribution < -0.4 is 0 Å². The highest BCUT2D eigenvalue weighted by Gasteiger charge is 2.18. The predicted molar refractivity (Wildman–Crippen MR) is 197 cm³/mol. The molecule has 10 aromatic rings. The molecule has 0 aliphatic carbocycles. The van der Waals surface area contributed by atoms with Crippen LogP contribution >= 0.6 is 22.7 Å². The zero-order chi connectivity index (χ0) is 29.5. The molecule has 0 fully saturated rings. The zero-order valence-electron chi connectivity index (χ0n) is 24.2. The Labute approximate surface area is 267 Å². The van der Waals surface area contributed by atoms with Gasteiger partial charge < -0.3 is 4.57 Å². The minimum atomic E-state index is 1.20. The summed E-state index contributed by atoms with van der Waals surface area (Å²) in [5.41, 5.74) is 8.78. The lowest BCUT2D eigenvalue weighted by Crippen LogP contribution is -1.92. The summed E-state index contributed by atoms with van der Waals surface area (Å²) in [7, 11) is 0. The first-order chi connectivity index (χ1) is 22.3. The normalized spacial score (nSPS) is 12.0. The molecule has 3 heterocycles. The third kappa shape index (κ3) is 3.78. The molecular formula is C42H25NS2. The molecule has 0 bridgehead atoms. The molecule has 3 aromatic heterocycles. The third-order valence-electron chi connectivity index (χ3n) is 9.18. The second kappa shape index (κ2) is 9.64. The highest BCUT2D eigenvalue weighted by Crippen LogP contribution is 2.45. The molecule has 0 unspecified atom stereocenters. The van der Waals surface area contributed by atoms with Gasteiger partial charge in [0.1, 0.15) is 0 Å². The van der Waals surface area contributed by atoms with E-state index in [1.165, 1.54) is 90.1 Å². The van der Waals surface area contributed by atoms with E-state index in [2.05, 4.69) is 156 Å². The topological polar surface area (TPSA) is 4.93 Å². The highest BCUT2D eigenvalue weighted by molar-refractivity contribution is 7.27. The van der Waals surface area contributed by atoms with Crippen molar-refractivity contribution in [3.63, 3.8) is 0 Å². The fraction of sp³-hybridized carbons (Fsp3) is 0. The van der Waals surface area contributed by atoms with Gasteiger partial charge in [-0.1, -0.05) is 109 Å². The molecule has 0 spiro atoms. The van der Waals surface area contributed by atoms with E-state index in [0.29, 0.717) is 0 Å². The summed E-state index contributed by atoms with van der Waals surface area (Å²) in [6.07, 6.45) is 0. The first-order valence-corrected chi connectivity index (χ1v) is 16.9. The fourth-order valence-electron chi connectivity index (χ4n) is 7.10. The Kier molecular flexibility index (Phi) is 5.39. The summed E-state index contributed by atoms with van der Waals surface area (Å²) in [6, 6.07) is 55.8. The molecule has 0 aliphatic rings. The standard InChI is InChI=1S/C42H25NS2/c1-2-12-30(13-3-1)43-37-17-9-8-16-34(37)42-41(43)35-21-19-29(25-39(35)45-42)32-15-7-6-14-31(32)28-18-20-33-36-22-26-10-4-5-11-27(26)23-40(36)44-38(33)24-28/h1-25H. The van der Waals surface area contributed by atoms with Crippen molar-refractivity contribution >= 4 is 84.8 Å². The van der Waals surface area contributed by atoms with Gasteiger partial charge in [0, 0.05) is 41.3 Å². The van der Waals surface area contributed by atoms with Gasteiger partial charge in [0.2, 0.25) is 0 Å². The minimum absolute atomic E-state index is 1.20. The van der Waals surface area contributed by atoms with E-state index in [4.69, 9.17) is 0 Å². The molecule has 1 nitrogen and oxygen atoms in total. The van der Waals surface area contributed by atoms with E-state index in [0.717, 1.165) is 0 Å². The van der Waals surface area contributed by atoms with Gasteiger partial charge in [-0.15, -0.1) is 22.7 Å². The number of aromatic nitrogens is 1. The number of hydrogen-bond acceptors (Lipinski definition) is 2. The number of benzene rings is 7. The van der Waals surface area contributed by atoms with Gasteiger partial charge in [0.15, 0.2) is 0 Å². The average molecular weight is 608 g/mol. The van der Waals surface area contributed by atoms with Crippen LogP contribution in [0.2, 0.25) is 0 Å². The maximum absolute atomic E-state index is 2.43. The molecule has 0 radical (unpaired) electrons. The number of para-hydroxylation sites is 2. The van der Waals surface area contributed by atoms with Crippen LogP contribution in [0, 0.1) is 0 Å². The van der Waals surface area contributed by atoms with Crippen LogP contribution in [0.25, 0.3) is 90.1 Å². The zero-order valence-corrected chi connectivity index (χ0v) is 25.8. The lowest BCUT2D eigenvalue weighted by molar-refractivity contribution is 1.19. The van der Waals surface area contributed by atoms with Crippen molar-refractivity contribution in [3.05, 3.63) is 152 Å². The van der Waals surface area contributed by atoms with Crippen LogP contribution in [-0.2, 0) is 0 Å². The predicted octanol–water partition coefficient (Wildman–Crippen LogP) is 12.9. The Morgan fingerprint density at radius 2 is 1.00 bits per heavy atom. The van der Waals surface area contributed by atoms with Gasteiger partial charge in [-0.05, 0) is 75.5 Å². The number of hydrogen-bond donors (Lipinski definition) is 0. The molecule has 7 aromatic carbocycles. The van der Waals surface area contributed by atoms with E-state index in [1.54, 1.807) is 0 Å². The maximum atomic E-state index is 2.43. The van der Waals surface area contributed by atoms with E-state index in [9.17, 15) is 0 Å². The van der Waals surface area contributed by atoms with Crippen LogP contribution in [0.1, 0.15) is 0 Å². The van der Waals surface area contributed by atoms with Crippen LogP contribution in [-0.4, -0.2) is 4.57 Å². The quantitative estimate of drug-likeness (QED) is 0.188. The summed E-state index contributed by atoms with van der Waals surface area (Å²) in [5.74, 6) is 0. The number of nitrogens with zero attached hydrogens (tertiary/aromatic N) is 1. The Morgan fingerprint density at radius 1 is 0.400 bits per heavy atom. The van der Waals surface area contributed by atoms with Gasteiger partial charge in [-0.3, -0.25) is 0 Å². The lowest BCUT2D eigenvalue weighted by atomic mass is 9.94. The van der Waals surface area contributed by atoms with Gasteiger partial charge in [-0.25, -0.2) is 0 Å². The lowest BCUT2D eigenvalue weighted by Gasteiger charge is -2.11. The number of fused-ring (bicyclic) bond motifs is 9. The minimum Gasteiger partial charge on any atom is -0.308 e. The average Bonchev–Trinajstić information content (AvgIpc) is 3.75. The number of thiophene rings is 2. The molecule has 0 atom stereocenters. The Bertz CT molecular complexity index is 2760. The highest BCUT2D eigenvalue weighted by atomic mass is 32.1. The van der Waals surface area contributed by atoms with E-state index < -0.39 is 0 Å². The summed E-state index contributed by atoms with van der Waals surface area (Å²) in [5, 5.41) is 7.88. The summed E-state index contributed by atoms with van der Waals surface area (Å²) < 4.78 is 7.77. The summed E-state index contributed by atoms with van der Waals surface area (Å²) >= 11 is 3.79. The monoisotopic (exact) mass is 607 g/mol. The molecule has 210 valence electrons. The molecule has 0 N–H and O–H groups in total. The summed E-state index contributed by atoms with van der Waals surface area (Å²) in [4.78, 5) is 0. The van der Waals surface area contributed by atoms with Crippen molar-refractivity contribution in [3.8, 4) is 27.9 Å². The van der Waals surface area contributed by atoms with Crippen molar-refractivity contribution in [2.24, 2.45) is 0 Å². The second-order valence-electron chi connectivity index (χ2n) is 11.7. The molecule has 0 aliphatic heterocycles. The SMILES string of the molecule is c1ccc(-n2c3ccccc3c3sc4cc(-c5ccccc5-c5ccc6c(c5)sc5cc7ccccc7cc56)ccc4c32)cc1. The van der Waals surface area contributed by atoms with Crippen molar-refractivity contribution in [2.45, 2.75) is 0 Å². The Hall–Kier alpha value is -5.22. The van der Waals surface area contributed by atoms with Crippen LogP contribution in [0.4, 0.5) is 0 Å². The van der Waals surface area contributed by atoms with Crippen molar-refractivity contribution in [1.29, 1.82) is 0 Å². The van der Waals surface area contributed by atoms with Crippen LogP contribution in [0.15, 0.2) is 152 Å². The molecule has 0 saturated carbocycles. The Morgan fingerprint density at radius 3 is 1.78 bits per heavy atom. The van der Waals surface area contributed by atoms with E-state index >= 15 is 0 Å². The smallest absolute Gasteiger partial charge is 0.0727 e. The third-order valence-corrected chi connectivity index (χ3v) is 11.5. The first-order valence-electron chi connectivity index (χ1n) is 15.3. The van der Waals surface area contributed by atoms with Gasteiger partial charge in [0.25, 0.3) is 0 Å². The maximum Gasteiger partial charge on any atom is 0.0727 e. The van der Waals surface area contributed by atoms with Gasteiger partial charge >= 0.3 is 0 Å². The second-order valence-corrected chi connectivity index (χ2v) is 13.9. The summed E-state index contributed by atoms with van der Waals surface area (Å²) in [6.45, 7) is 0. The van der Waals surface area contributed by atoms with E-state index in [1.807, 2.05) is 22.7 Å².